The number of likely N-dealkylation sites (tertiary alicyclic amines) is 1. The molecule has 2 aromatic carbocycles. The first kappa shape index (κ1) is 18.0. The molecule has 2 heterocycles. The first-order valence-electron chi connectivity index (χ1n) is 9.64. The number of amides is 1. The molecular formula is C22H26N2O3. The van der Waals surface area contributed by atoms with Crippen molar-refractivity contribution in [3.8, 4) is 5.75 Å². The zero-order valence-corrected chi connectivity index (χ0v) is 15.5. The fourth-order valence-electron chi connectivity index (χ4n) is 3.93. The van der Waals surface area contributed by atoms with E-state index in [2.05, 4.69) is 4.90 Å². The quantitative estimate of drug-likeness (QED) is 0.882. The Morgan fingerprint density at radius 1 is 1.04 bits per heavy atom. The number of morpholine rings is 1. The third kappa shape index (κ3) is 4.15. The Morgan fingerprint density at radius 2 is 1.70 bits per heavy atom. The number of phenols is 1. The number of benzene rings is 2. The zero-order chi connectivity index (χ0) is 18.6. The van der Waals surface area contributed by atoms with Gasteiger partial charge in [0.2, 0.25) is 5.91 Å². The van der Waals surface area contributed by atoms with Crippen LogP contribution < -0.4 is 0 Å². The maximum Gasteiger partial charge on any atom is 0.230 e. The molecule has 0 aliphatic carbocycles. The van der Waals surface area contributed by atoms with E-state index in [1.54, 1.807) is 12.1 Å². The molecule has 2 fully saturated rings. The number of ether oxygens (including phenoxy) is 1. The molecule has 2 saturated heterocycles. The van der Waals surface area contributed by atoms with Gasteiger partial charge in [-0.25, -0.2) is 0 Å². The van der Waals surface area contributed by atoms with Gasteiger partial charge in [0.1, 0.15) is 5.75 Å². The minimum Gasteiger partial charge on any atom is -0.508 e. The fraction of sp³-hybridized carbons (Fsp3) is 0.409. The van der Waals surface area contributed by atoms with Gasteiger partial charge in [-0.3, -0.25) is 9.69 Å². The summed E-state index contributed by atoms with van der Waals surface area (Å²) in [6.07, 6.45) is 0.641. The summed E-state index contributed by atoms with van der Waals surface area (Å²) >= 11 is 0. The third-order valence-electron chi connectivity index (χ3n) is 5.61. The maximum atomic E-state index is 13.3. The van der Waals surface area contributed by atoms with Crippen molar-refractivity contribution in [3.05, 3.63) is 65.7 Å². The lowest BCUT2D eigenvalue weighted by Gasteiger charge is -2.47. The molecule has 1 unspecified atom stereocenters. The van der Waals surface area contributed by atoms with Crippen LogP contribution in [0.3, 0.4) is 0 Å². The summed E-state index contributed by atoms with van der Waals surface area (Å²) in [4.78, 5) is 17.7. The molecule has 0 radical (unpaired) electrons. The second-order valence-corrected chi connectivity index (χ2v) is 7.38. The summed E-state index contributed by atoms with van der Waals surface area (Å²) in [5, 5.41) is 9.52. The predicted octanol–water partition coefficient (Wildman–Crippen LogP) is 2.26. The van der Waals surface area contributed by atoms with Crippen molar-refractivity contribution in [2.24, 2.45) is 0 Å². The monoisotopic (exact) mass is 366 g/mol. The standard InChI is InChI=1S/C22H26N2O3/c25-20-8-6-17(7-9-20)14-21(18-4-2-1-3-5-18)22(26)24-15-19(16-24)23-10-12-27-13-11-23/h1-9,19,21,25H,10-16H2. The van der Waals surface area contributed by atoms with Gasteiger partial charge in [-0.05, 0) is 29.7 Å². The summed E-state index contributed by atoms with van der Waals surface area (Å²) in [7, 11) is 0. The average Bonchev–Trinajstić information content (AvgIpc) is 2.68. The van der Waals surface area contributed by atoms with E-state index < -0.39 is 0 Å². The Hall–Kier alpha value is -2.37. The molecule has 0 spiro atoms. The molecule has 4 rings (SSSR count). The summed E-state index contributed by atoms with van der Waals surface area (Å²) in [6.45, 7) is 5.11. The summed E-state index contributed by atoms with van der Waals surface area (Å²) in [5.74, 6) is 0.248. The highest BCUT2D eigenvalue weighted by Crippen LogP contribution is 2.27. The van der Waals surface area contributed by atoms with E-state index in [1.165, 1.54) is 0 Å². The van der Waals surface area contributed by atoms with Crippen LogP contribution in [0.1, 0.15) is 17.0 Å². The van der Waals surface area contributed by atoms with E-state index in [1.807, 2.05) is 47.4 Å². The van der Waals surface area contributed by atoms with E-state index >= 15 is 0 Å². The van der Waals surface area contributed by atoms with Gasteiger partial charge in [-0.15, -0.1) is 0 Å². The third-order valence-corrected chi connectivity index (χ3v) is 5.61. The van der Waals surface area contributed by atoms with Crippen LogP contribution in [-0.4, -0.2) is 66.2 Å². The van der Waals surface area contributed by atoms with Crippen molar-refractivity contribution < 1.29 is 14.6 Å². The van der Waals surface area contributed by atoms with Crippen molar-refractivity contribution in [3.63, 3.8) is 0 Å². The molecule has 5 heteroatoms. The van der Waals surface area contributed by atoms with Crippen molar-refractivity contribution >= 4 is 5.91 Å². The number of nitrogens with zero attached hydrogens (tertiary/aromatic N) is 2. The molecule has 0 aromatic heterocycles. The molecule has 2 aliphatic rings. The Labute approximate surface area is 160 Å². The van der Waals surface area contributed by atoms with E-state index in [0.717, 1.165) is 50.5 Å². The number of carbonyl (C=O) groups excluding carboxylic acids is 1. The fourth-order valence-corrected chi connectivity index (χ4v) is 3.93. The molecule has 0 saturated carbocycles. The number of hydrogen-bond donors (Lipinski definition) is 1. The molecule has 1 amide bonds. The van der Waals surface area contributed by atoms with Crippen LogP contribution in [0.25, 0.3) is 0 Å². The number of carbonyl (C=O) groups is 1. The van der Waals surface area contributed by atoms with Crippen molar-refractivity contribution in [2.45, 2.75) is 18.4 Å². The molecular weight excluding hydrogens is 340 g/mol. The van der Waals surface area contributed by atoms with Gasteiger partial charge in [0.05, 0.1) is 19.1 Å². The smallest absolute Gasteiger partial charge is 0.230 e. The van der Waals surface area contributed by atoms with Gasteiger partial charge in [-0.1, -0.05) is 42.5 Å². The molecule has 27 heavy (non-hydrogen) atoms. The topological polar surface area (TPSA) is 53.0 Å². The largest absolute Gasteiger partial charge is 0.508 e. The Bertz CT molecular complexity index is 751. The minimum absolute atomic E-state index is 0.193. The van der Waals surface area contributed by atoms with Gasteiger partial charge < -0.3 is 14.7 Å². The summed E-state index contributed by atoms with van der Waals surface area (Å²) in [6, 6.07) is 17.6. The summed E-state index contributed by atoms with van der Waals surface area (Å²) in [5.41, 5.74) is 2.10. The van der Waals surface area contributed by atoms with Crippen molar-refractivity contribution in [1.82, 2.24) is 9.80 Å². The lowest BCUT2D eigenvalue weighted by atomic mass is 9.89. The van der Waals surface area contributed by atoms with E-state index in [0.29, 0.717) is 12.5 Å². The molecule has 1 N–H and O–H groups in total. The normalized spacial score (nSPS) is 19.5. The first-order chi connectivity index (χ1) is 13.2. The van der Waals surface area contributed by atoms with E-state index in [-0.39, 0.29) is 17.6 Å². The Balaban J connectivity index is 1.45. The first-order valence-corrected chi connectivity index (χ1v) is 9.64. The highest BCUT2D eigenvalue weighted by Gasteiger charge is 2.38. The Kier molecular flexibility index (Phi) is 5.41. The SMILES string of the molecule is O=C(C(Cc1ccc(O)cc1)c1ccccc1)N1CC(N2CCOCC2)C1. The number of phenolic OH excluding ortho intramolecular Hbond substituents is 1. The zero-order valence-electron chi connectivity index (χ0n) is 15.5. The molecule has 2 aromatic rings. The average molecular weight is 366 g/mol. The minimum atomic E-state index is -0.193. The van der Waals surface area contributed by atoms with Gasteiger partial charge >= 0.3 is 0 Å². The number of hydrogen-bond acceptors (Lipinski definition) is 4. The second kappa shape index (κ2) is 8.11. The lowest BCUT2D eigenvalue weighted by Crippen LogP contribution is -2.63. The van der Waals surface area contributed by atoms with E-state index in [9.17, 15) is 9.90 Å². The molecule has 5 nitrogen and oxygen atoms in total. The van der Waals surface area contributed by atoms with Crippen molar-refractivity contribution in [1.29, 1.82) is 0 Å². The van der Waals surface area contributed by atoms with Crippen LogP contribution in [-0.2, 0) is 16.0 Å². The molecule has 2 aliphatic heterocycles. The van der Waals surface area contributed by atoms with Crippen LogP contribution in [0.15, 0.2) is 54.6 Å². The van der Waals surface area contributed by atoms with Gasteiger partial charge in [0, 0.05) is 32.2 Å². The van der Waals surface area contributed by atoms with Crippen LogP contribution in [0.4, 0.5) is 0 Å². The number of aromatic hydroxyl groups is 1. The highest BCUT2D eigenvalue weighted by molar-refractivity contribution is 5.85. The Morgan fingerprint density at radius 3 is 2.37 bits per heavy atom. The maximum absolute atomic E-state index is 13.3. The van der Waals surface area contributed by atoms with Gasteiger partial charge in [0.25, 0.3) is 0 Å². The summed E-state index contributed by atoms with van der Waals surface area (Å²) < 4.78 is 5.42. The molecule has 1 atom stereocenters. The van der Waals surface area contributed by atoms with Crippen LogP contribution >= 0.6 is 0 Å². The molecule has 0 bridgehead atoms. The van der Waals surface area contributed by atoms with Crippen LogP contribution in [0, 0.1) is 0 Å². The lowest BCUT2D eigenvalue weighted by molar-refractivity contribution is -0.141. The number of rotatable bonds is 5. The highest BCUT2D eigenvalue weighted by atomic mass is 16.5. The van der Waals surface area contributed by atoms with Crippen LogP contribution in [0.2, 0.25) is 0 Å². The predicted molar refractivity (Wildman–Crippen MR) is 104 cm³/mol. The van der Waals surface area contributed by atoms with Crippen LogP contribution in [0.5, 0.6) is 5.75 Å². The molecule has 142 valence electrons. The van der Waals surface area contributed by atoms with E-state index in [4.69, 9.17) is 4.74 Å². The van der Waals surface area contributed by atoms with Gasteiger partial charge in [-0.2, -0.15) is 0 Å². The second-order valence-electron chi connectivity index (χ2n) is 7.38. The van der Waals surface area contributed by atoms with Gasteiger partial charge in [0.15, 0.2) is 0 Å². The van der Waals surface area contributed by atoms with Crippen molar-refractivity contribution in [2.75, 3.05) is 39.4 Å².